The zero-order chi connectivity index (χ0) is 13.1. The van der Waals surface area contributed by atoms with Crippen molar-refractivity contribution in [1.82, 2.24) is 0 Å². The Kier molecular flexibility index (Phi) is 3.58. The highest BCUT2D eigenvalue weighted by atomic mass is 19.1. The lowest BCUT2D eigenvalue weighted by atomic mass is 10.0. The highest BCUT2D eigenvalue weighted by molar-refractivity contribution is 5.66. The summed E-state index contributed by atoms with van der Waals surface area (Å²) in [7, 11) is 1.52. The monoisotopic (exact) mass is 250 g/mol. The van der Waals surface area contributed by atoms with E-state index in [0.29, 0.717) is 11.3 Å². The number of hydrogen-bond acceptors (Lipinski definition) is 2. The Balaban J connectivity index is 2.49. The third-order valence-electron chi connectivity index (χ3n) is 2.66. The lowest BCUT2D eigenvalue weighted by Gasteiger charge is -2.08. The van der Waals surface area contributed by atoms with Gasteiger partial charge in [0.05, 0.1) is 19.3 Å². The van der Waals surface area contributed by atoms with Crippen LogP contribution in [0, 0.1) is 11.6 Å². The molecule has 1 N–H and O–H groups in total. The molecule has 0 atom stereocenters. The second-order valence-corrected chi connectivity index (χ2v) is 3.82. The largest absolute Gasteiger partial charge is 0.497 e. The Morgan fingerprint density at radius 2 is 1.61 bits per heavy atom. The van der Waals surface area contributed by atoms with Gasteiger partial charge in [-0.1, -0.05) is 12.1 Å². The molecule has 0 aliphatic heterocycles. The summed E-state index contributed by atoms with van der Waals surface area (Å²) in [6.07, 6.45) is 0. The van der Waals surface area contributed by atoms with Crippen molar-refractivity contribution in [2.24, 2.45) is 0 Å². The number of halogens is 2. The normalized spacial score (nSPS) is 10.4. The second kappa shape index (κ2) is 5.14. The third kappa shape index (κ3) is 2.33. The van der Waals surface area contributed by atoms with Gasteiger partial charge < -0.3 is 9.84 Å². The van der Waals surface area contributed by atoms with Gasteiger partial charge in [0.15, 0.2) is 0 Å². The van der Waals surface area contributed by atoms with Crippen molar-refractivity contribution in [3.05, 3.63) is 53.6 Å². The Morgan fingerprint density at radius 1 is 1.06 bits per heavy atom. The lowest BCUT2D eigenvalue weighted by molar-refractivity contribution is 0.280. The van der Waals surface area contributed by atoms with Crippen LogP contribution < -0.4 is 4.74 Å². The topological polar surface area (TPSA) is 29.5 Å². The number of aliphatic hydroxyl groups is 1. The van der Waals surface area contributed by atoms with E-state index in [4.69, 9.17) is 9.84 Å². The third-order valence-corrected chi connectivity index (χ3v) is 2.66. The van der Waals surface area contributed by atoms with E-state index in [1.165, 1.54) is 7.11 Å². The molecule has 2 aromatic carbocycles. The van der Waals surface area contributed by atoms with Crippen molar-refractivity contribution in [3.8, 4) is 16.9 Å². The molecule has 2 rings (SSSR count). The van der Waals surface area contributed by atoms with Gasteiger partial charge in [0.2, 0.25) is 0 Å². The molecule has 0 aliphatic carbocycles. The molecule has 0 bridgehead atoms. The van der Waals surface area contributed by atoms with Crippen molar-refractivity contribution in [1.29, 1.82) is 0 Å². The van der Waals surface area contributed by atoms with Crippen LogP contribution in [0.25, 0.3) is 11.1 Å². The van der Waals surface area contributed by atoms with Gasteiger partial charge in [-0.15, -0.1) is 0 Å². The minimum Gasteiger partial charge on any atom is -0.497 e. The molecule has 0 spiro atoms. The number of rotatable bonds is 3. The van der Waals surface area contributed by atoms with Crippen LogP contribution in [0.4, 0.5) is 8.78 Å². The zero-order valence-electron chi connectivity index (χ0n) is 9.78. The quantitative estimate of drug-likeness (QED) is 0.906. The smallest absolute Gasteiger partial charge is 0.134 e. The molecule has 0 aromatic heterocycles. The van der Waals surface area contributed by atoms with E-state index in [-0.39, 0.29) is 11.1 Å². The minimum absolute atomic E-state index is 0.102. The van der Waals surface area contributed by atoms with Gasteiger partial charge in [0.25, 0.3) is 0 Å². The number of aliphatic hydroxyl groups excluding tert-OH is 1. The van der Waals surface area contributed by atoms with Crippen molar-refractivity contribution >= 4 is 0 Å². The number of benzene rings is 2. The molecule has 4 heteroatoms. The molecule has 2 aromatic rings. The van der Waals surface area contributed by atoms with Crippen LogP contribution in [0.15, 0.2) is 36.4 Å². The maximum Gasteiger partial charge on any atom is 0.134 e. The molecule has 0 amide bonds. The Bertz CT molecular complexity index is 527. The van der Waals surface area contributed by atoms with Crippen molar-refractivity contribution in [2.75, 3.05) is 7.11 Å². The van der Waals surface area contributed by atoms with Crippen molar-refractivity contribution in [3.63, 3.8) is 0 Å². The average molecular weight is 250 g/mol. The first-order chi connectivity index (χ1) is 8.65. The first kappa shape index (κ1) is 12.5. The minimum atomic E-state index is -0.691. The maximum absolute atomic E-state index is 13.8. The summed E-state index contributed by atoms with van der Waals surface area (Å²) in [4.78, 5) is 0. The Morgan fingerprint density at radius 3 is 2.06 bits per heavy atom. The standard InChI is InChI=1S/C14H12F2O2/c1-18-11-4-2-10(3-5-11)14-12(15)6-9(8-17)7-13(14)16/h2-7,17H,8H2,1H3. The lowest BCUT2D eigenvalue weighted by Crippen LogP contribution is -1.94. The Hall–Kier alpha value is -1.94. The fourth-order valence-electron chi connectivity index (χ4n) is 1.75. The highest BCUT2D eigenvalue weighted by Gasteiger charge is 2.13. The maximum atomic E-state index is 13.8. The van der Waals surface area contributed by atoms with Gasteiger partial charge in [0.1, 0.15) is 17.4 Å². The molecule has 2 nitrogen and oxygen atoms in total. The van der Waals surface area contributed by atoms with E-state index >= 15 is 0 Å². The molecule has 0 saturated carbocycles. The van der Waals surface area contributed by atoms with Crippen LogP contribution >= 0.6 is 0 Å². The average Bonchev–Trinajstić information content (AvgIpc) is 2.38. The van der Waals surface area contributed by atoms with Gasteiger partial charge in [-0.05, 0) is 35.4 Å². The molecule has 0 aliphatic rings. The van der Waals surface area contributed by atoms with E-state index < -0.39 is 18.2 Å². The Labute approximate surface area is 103 Å². The number of ether oxygens (including phenoxy) is 1. The zero-order valence-corrected chi connectivity index (χ0v) is 9.78. The predicted molar refractivity (Wildman–Crippen MR) is 64.3 cm³/mol. The van der Waals surface area contributed by atoms with Gasteiger partial charge in [0, 0.05) is 0 Å². The molecule has 0 fully saturated rings. The number of hydrogen-bond donors (Lipinski definition) is 1. The van der Waals surface area contributed by atoms with E-state index in [9.17, 15) is 8.78 Å². The van der Waals surface area contributed by atoms with Gasteiger partial charge in [-0.3, -0.25) is 0 Å². The molecule has 0 unspecified atom stereocenters. The summed E-state index contributed by atoms with van der Waals surface area (Å²) in [5, 5.41) is 8.87. The molecule has 18 heavy (non-hydrogen) atoms. The SMILES string of the molecule is COc1ccc(-c2c(F)cc(CO)cc2F)cc1. The summed E-state index contributed by atoms with van der Waals surface area (Å²) in [6.45, 7) is -0.392. The van der Waals surface area contributed by atoms with Crippen molar-refractivity contribution < 1.29 is 18.6 Å². The highest BCUT2D eigenvalue weighted by Crippen LogP contribution is 2.28. The summed E-state index contributed by atoms with van der Waals surface area (Å²) in [5.41, 5.74) is 0.535. The molecule has 0 radical (unpaired) electrons. The summed E-state index contributed by atoms with van der Waals surface area (Å²) >= 11 is 0. The van der Waals surface area contributed by atoms with Crippen LogP contribution in [0.3, 0.4) is 0 Å². The molecular formula is C14H12F2O2. The molecular weight excluding hydrogens is 238 g/mol. The number of methoxy groups -OCH3 is 1. The van der Waals surface area contributed by atoms with Crippen LogP contribution in [0.5, 0.6) is 5.75 Å². The van der Waals surface area contributed by atoms with Crippen LogP contribution in [0.2, 0.25) is 0 Å². The van der Waals surface area contributed by atoms with Gasteiger partial charge in [-0.2, -0.15) is 0 Å². The van der Waals surface area contributed by atoms with Crippen LogP contribution in [-0.2, 0) is 6.61 Å². The fourth-order valence-corrected chi connectivity index (χ4v) is 1.75. The molecule has 0 saturated heterocycles. The summed E-state index contributed by atoms with van der Waals surface area (Å²) in [6, 6.07) is 8.69. The van der Waals surface area contributed by atoms with Gasteiger partial charge in [-0.25, -0.2) is 8.78 Å². The summed E-state index contributed by atoms with van der Waals surface area (Å²) < 4.78 is 32.5. The van der Waals surface area contributed by atoms with E-state index in [1.807, 2.05) is 0 Å². The van der Waals surface area contributed by atoms with E-state index in [0.717, 1.165) is 12.1 Å². The second-order valence-electron chi connectivity index (χ2n) is 3.82. The summed E-state index contributed by atoms with van der Waals surface area (Å²) in [5.74, 6) is -0.764. The van der Waals surface area contributed by atoms with Crippen LogP contribution in [0.1, 0.15) is 5.56 Å². The van der Waals surface area contributed by atoms with Crippen molar-refractivity contribution in [2.45, 2.75) is 6.61 Å². The molecule has 0 heterocycles. The van der Waals surface area contributed by atoms with Gasteiger partial charge >= 0.3 is 0 Å². The first-order valence-electron chi connectivity index (χ1n) is 5.39. The van der Waals surface area contributed by atoms with E-state index in [2.05, 4.69) is 0 Å². The molecule has 94 valence electrons. The fraction of sp³-hybridized carbons (Fsp3) is 0.143. The van der Waals surface area contributed by atoms with E-state index in [1.54, 1.807) is 24.3 Å². The predicted octanol–water partition coefficient (Wildman–Crippen LogP) is 3.13. The first-order valence-corrected chi connectivity index (χ1v) is 5.39. The van der Waals surface area contributed by atoms with Crippen LogP contribution in [-0.4, -0.2) is 12.2 Å².